The minimum atomic E-state index is 0.471. The van der Waals surface area contributed by atoms with Gasteiger partial charge in [0.05, 0.1) is 14.2 Å². The van der Waals surface area contributed by atoms with Gasteiger partial charge in [0.2, 0.25) is 0 Å². The first-order valence-corrected chi connectivity index (χ1v) is 7.20. The number of hydrogen-bond donors (Lipinski definition) is 1. The van der Waals surface area contributed by atoms with Gasteiger partial charge in [-0.15, -0.1) is 0 Å². The highest BCUT2D eigenvalue weighted by Crippen LogP contribution is 2.41. The Morgan fingerprint density at radius 2 is 1.63 bits per heavy atom. The molecule has 0 amide bonds. The van der Waals surface area contributed by atoms with E-state index in [9.17, 15) is 0 Å². The van der Waals surface area contributed by atoms with Crippen molar-refractivity contribution in [1.82, 2.24) is 5.32 Å². The second kappa shape index (κ2) is 6.80. The Labute approximate surface area is 116 Å². The highest BCUT2D eigenvalue weighted by Gasteiger charge is 2.28. The zero-order chi connectivity index (χ0) is 13.7. The van der Waals surface area contributed by atoms with Crippen molar-refractivity contribution in [3.63, 3.8) is 0 Å². The molecule has 3 nitrogen and oxygen atoms in total. The number of benzene rings is 1. The summed E-state index contributed by atoms with van der Waals surface area (Å²) >= 11 is 0. The molecule has 0 radical (unpaired) electrons. The van der Waals surface area contributed by atoms with Gasteiger partial charge in [0.15, 0.2) is 0 Å². The average molecular weight is 263 g/mol. The maximum atomic E-state index is 5.57. The van der Waals surface area contributed by atoms with Crippen molar-refractivity contribution in [2.24, 2.45) is 0 Å². The summed E-state index contributed by atoms with van der Waals surface area (Å²) in [5.74, 6) is 2.37. The number of hydrogen-bond acceptors (Lipinski definition) is 3. The SMILES string of the molecule is CNC1CCCCCC1c1c(OC)cccc1OC. The van der Waals surface area contributed by atoms with Crippen LogP contribution in [0.3, 0.4) is 0 Å². The van der Waals surface area contributed by atoms with Crippen molar-refractivity contribution in [1.29, 1.82) is 0 Å². The number of rotatable bonds is 4. The lowest BCUT2D eigenvalue weighted by Crippen LogP contribution is -2.31. The zero-order valence-corrected chi connectivity index (χ0v) is 12.2. The molecule has 1 saturated carbocycles. The van der Waals surface area contributed by atoms with Crippen LogP contribution in [0.25, 0.3) is 0 Å². The number of ether oxygens (including phenoxy) is 2. The van der Waals surface area contributed by atoms with Crippen molar-refractivity contribution in [3.8, 4) is 11.5 Å². The molecule has 1 aliphatic rings. The smallest absolute Gasteiger partial charge is 0.126 e. The molecule has 0 aliphatic heterocycles. The molecule has 3 heteroatoms. The Balaban J connectivity index is 2.41. The van der Waals surface area contributed by atoms with E-state index in [1.807, 2.05) is 18.2 Å². The highest BCUT2D eigenvalue weighted by molar-refractivity contribution is 5.48. The fourth-order valence-electron chi connectivity index (χ4n) is 3.24. The van der Waals surface area contributed by atoms with Crippen molar-refractivity contribution in [3.05, 3.63) is 23.8 Å². The lowest BCUT2D eigenvalue weighted by Gasteiger charge is -2.28. The molecule has 0 spiro atoms. The van der Waals surface area contributed by atoms with E-state index >= 15 is 0 Å². The van der Waals surface area contributed by atoms with Crippen LogP contribution in [0.15, 0.2) is 18.2 Å². The second-order valence-electron chi connectivity index (χ2n) is 5.22. The van der Waals surface area contributed by atoms with Gasteiger partial charge in [0.1, 0.15) is 11.5 Å². The summed E-state index contributed by atoms with van der Waals surface area (Å²) in [4.78, 5) is 0. The molecule has 1 aliphatic carbocycles. The number of nitrogens with one attached hydrogen (secondary N) is 1. The fourth-order valence-corrected chi connectivity index (χ4v) is 3.24. The first kappa shape index (κ1) is 14.2. The molecule has 19 heavy (non-hydrogen) atoms. The maximum absolute atomic E-state index is 5.57. The monoisotopic (exact) mass is 263 g/mol. The van der Waals surface area contributed by atoms with E-state index in [1.54, 1.807) is 14.2 Å². The van der Waals surface area contributed by atoms with Gasteiger partial charge in [0.25, 0.3) is 0 Å². The quantitative estimate of drug-likeness (QED) is 0.845. The van der Waals surface area contributed by atoms with Crippen LogP contribution in [0.4, 0.5) is 0 Å². The van der Waals surface area contributed by atoms with Crippen molar-refractivity contribution in [2.45, 2.75) is 44.1 Å². The molecular weight excluding hydrogens is 238 g/mol. The molecule has 0 heterocycles. The van der Waals surface area contributed by atoms with Crippen molar-refractivity contribution >= 4 is 0 Å². The summed E-state index contributed by atoms with van der Waals surface area (Å²) in [6, 6.07) is 6.57. The van der Waals surface area contributed by atoms with Crippen molar-refractivity contribution in [2.75, 3.05) is 21.3 Å². The van der Waals surface area contributed by atoms with Gasteiger partial charge < -0.3 is 14.8 Å². The number of likely N-dealkylation sites (N-methyl/N-ethyl adjacent to an activating group) is 1. The van der Waals surface area contributed by atoms with E-state index in [0.717, 1.165) is 11.5 Å². The van der Waals surface area contributed by atoms with Crippen LogP contribution in [0.2, 0.25) is 0 Å². The topological polar surface area (TPSA) is 30.5 Å². The van der Waals surface area contributed by atoms with E-state index in [0.29, 0.717) is 12.0 Å². The third-order valence-corrected chi connectivity index (χ3v) is 4.22. The highest BCUT2D eigenvalue weighted by atomic mass is 16.5. The molecular formula is C16H25NO2. The van der Waals surface area contributed by atoms with Gasteiger partial charge in [-0.1, -0.05) is 25.3 Å². The molecule has 2 unspecified atom stereocenters. The molecule has 0 bridgehead atoms. The van der Waals surface area contributed by atoms with Gasteiger partial charge in [-0.05, 0) is 32.0 Å². The summed E-state index contributed by atoms with van der Waals surface area (Å²) in [6.45, 7) is 0. The van der Waals surface area contributed by atoms with Crippen LogP contribution < -0.4 is 14.8 Å². The van der Waals surface area contributed by atoms with Crippen LogP contribution in [0.5, 0.6) is 11.5 Å². The number of methoxy groups -OCH3 is 2. The standard InChI is InChI=1S/C16H25NO2/c1-17-13-9-6-4-5-8-12(13)16-14(18-2)10-7-11-15(16)19-3/h7,10-13,17H,4-6,8-9H2,1-3H3. The van der Waals surface area contributed by atoms with E-state index < -0.39 is 0 Å². The first-order valence-electron chi connectivity index (χ1n) is 7.20. The van der Waals surface area contributed by atoms with Gasteiger partial charge >= 0.3 is 0 Å². The Morgan fingerprint density at radius 1 is 1.00 bits per heavy atom. The summed E-state index contributed by atoms with van der Waals surface area (Å²) in [5, 5.41) is 3.48. The molecule has 106 valence electrons. The van der Waals surface area contributed by atoms with Crippen LogP contribution in [0, 0.1) is 0 Å². The maximum Gasteiger partial charge on any atom is 0.126 e. The lowest BCUT2D eigenvalue weighted by atomic mass is 9.86. The summed E-state index contributed by atoms with van der Waals surface area (Å²) in [6.07, 6.45) is 6.33. The molecule has 1 fully saturated rings. The predicted octanol–water partition coefficient (Wildman–Crippen LogP) is 3.34. The van der Waals surface area contributed by atoms with Gasteiger partial charge in [-0.25, -0.2) is 0 Å². The van der Waals surface area contributed by atoms with E-state index in [4.69, 9.17) is 9.47 Å². The summed E-state index contributed by atoms with van der Waals surface area (Å²) in [7, 11) is 5.54. The van der Waals surface area contributed by atoms with E-state index in [1.165, 1.54) is 37.7 Å². The first-order chi connectivity index (χ1) is 9.31. The molecule has 2 rings (SSSR count). The summed E-state index contributed by atoms with van der Waals surface area (Å²) in [5.41, 5.74) is 1.23. The van der Waals surface area contributed by atoms with Gasteiger partial charge in [-0.2, -0.15) is 0 Å². The lowest BCUT2D eigenvalue weighted by molar-refractivity contribution is 0.358. The van der Waals surface area contributed by atoms with Crippen LogP contribution in [-0.4, -0.2) is 27.3 Å². The Hall–Kier alpha value is -1.22. The third kappa shape index (κ3) is 3.03. The molecule has 1 aromatic rings. The van der Waals surface area contributed by atoms with Gasteiger partial charge in [0, 0.05) is 17.5 Å². The van der Waals surface area contributed by atoms with Crippen LogP contribution in [-0.2, 0) is 0 Å². The minimum absolute atomic E-state index is 0.471. The largest absolute Gasteiger partial charge is 0.496 e. The van der Waals surface area contributed by atoms with E-state index in [2.05, 4.69) is 12.4 Å². The average Bonchev–Trinajstić information content (AvgIpc) is 2.71. The molecule has 0 saturated heterocycles. The fraction of sp³-hybridized carbons (Fsp3) is 0.625. The normalized spacial score (nSPS) is 23.7. The van der Waals surface area contributed by atoms with Crippen LogP contribution >= 0.6 is 0 Å². The molecule has 1 aromatic carbocycles. The zero-order valence-electron chi connectivity index (χ0n) is 12.2. The second-order valence-corrected chi connectivity index (χ2v) is 5.22. The Bertz CT molecular complexity index is 383. The Morgan fingerprint density at radius 3 is 2.21 bits per heavy atom. The third-order valence-electron chi connectivity index (χ3n) is 4.22. The molecule has 1 N–H and O–H groups in total. The van der Waals surface area contributed by atoms with Crippen molar-refractivity contribution < 1.29 is 9.47 Å². The minimum Gasteiger partial charge on any atom is -0.496 e. The van der Waals surface area contributed by atoms with Gasteiger partial charge in [-0.3, -0.25) is 0 Å². The molecule has 2 atom stereocenters. The summed E-state index contributed by atoms with van der Waals surface area (Å²) < 4.78 is 11.1. The van der Waals surface area contributed by atoms with Crippen LogP contribution in [0.1, 0.15) is 43.6 Å². The Kier molecular flexibility index (Phi) is 5.08. The van der Waals surface area contributed by atoms with E-state index in [-0.39, 0.29) is 0 Å². The molecule has 0 aromatic heterocycles. The predicted molar refractivity (Wildman–Crippen MR) is 78.2 cm³/mol.